The van der Waals surface area contributed by atoms with E-state index in [4.69, 9.17) is 4.74 Å². The van der Waals surface area contributed by atoms with Gasteiger partial charge in [0.25, 0.3) is 0 Å². The van der Waals surface area contributed by atoms with E-state index >= 15 is 0 Å². The Morgan fingerprint density at radius 2 is 1.93 bits per heavy atom. The number of hydrogen-bond acceptors (Lipinski definition) is 1. The standard InChI is InChI=1S/C13H12O/c1-3-11-12-7-5-4-6-10(12)8-9-13(11)14-2/h3-9H,1H2,2H3. The summed E-state index contributed by atoms with van der Waals surface area (Å²) < 4.78 is 5.27. The van der Waals surface area contributed by atoms with Gasteiger partial charge in [-0.3, -0.25) is 0 Å². The molecule has 2 aromatic rings. The highest BCUT2D eigenvalue weighted by Gasteiger charge is 2.03. The van der Waals surface area contributed by atoms with Gasteiger partial charge in [-0.2, -0.15) is 0 Å². The fourth-order valence-electron chi connectivity index (χ4n) is 1.66. The lowest BCUT2D eigenvalue weighted by Gasteiger charge is -2.07. The second kappa shape index (κ2) is 3.54. The van der Waals surface area contributed by atoms with Gasteiger partial charge in [0.1, 0.15) is 5.75 Å². The van der Waals surface area contributed by atoms with Gasteiger partial charge in [0, 0.05) is 5.56 Å². The van der Waals surface area contributed by atoms with Crippen molar-refractivity contribution in [3.8, 4) is 5.75 Å². The van der Waals surface area contributed by atoms with Crippen molar-refractivity contribution < 1.29 is 4.74 Å². The van der Waals surface area contributed by atoms with Gasteiger partial charge < -0.3 is 4.74 Å². The molecule has 0 bridgehead atoms. The summed E-state index contributed by atoms with van der Waals surface area (Å²) in [6, 6.07) is 12.2. The van der Waals surface area contributed by atoms with E-state index in [2.05, 4.69) is 24.8 Å². The largest absolute Gasteiger partial charge is 0.496 e. The minimum Gasteiger partial charge on any atom is -0.496 e. The zero-order valence-electron chi connectivity index (χ0n) is 8.16. The average Bonchev–Trinajstić information content (AvgIpc) is 2.27. The van der Waals surface area contributed by atoms with Crippen LogP contribution in [-0.4, -0.2) is 7.11 Å². The zero-order valence-corrected chi connectivity index (χ0v) is 8.16. The lowest BCUT2D eigenvalue weighted by molar-refractivity contribution is 0.414. The first-order valence-electron chi connectivity index (χ1n) is 4.55. The molecule has 0 N–H and O–H groups in total. The second-order valence-corrected chi connectivity index (χ2v) is 3.11. The quantitative estimate of drug-likeness (QED) is 0.694. The van der Waals surface area contributed by atoms with Crippen molar-refractivity contribution in [3.63, 3.8) is 0 Å². The Balaban J connectivity index is 2.83. The first-order chi connectivity index (χ1) is 6.86. The molecule has 0 aliphatic rings. The number of fused-ring (bicyclic) bond motifs is 1. The molecule has 14 heavy (non-hydrogen) atoms. The molecule has 0 heterocycles. The van der Waals surface area contributed by atoms with Gasteiger partial charge in [-0.15, -0.1) is 0 Å². The first kappa shape index (κ1) is 8.82. The highest BCUT2D eigenvalue weighted by atomic mass is 16.5. The van der Waals surface area contributed by atoms with Gasteiger partial charge in [-0.05, 0) is 16.8 Å². The third-order valence-corrected chi connectivity index (χ3v) is 2.35. The molecule has 70 valence electrons. The summed E-state index contributed by atoms with van der Waals surface area (Å²) in [6.07, 6.45) is 1.83. The van der Waals surface area contributed by atoms with Crippen LogP contribution in [0.2, 0.25) is 0 Å². The van der Waals surface area contributed by atoms with Gasteiger partial charge >= 0.3 is 0 Å². The Bertz CT molecular complexity index is 472. The molecule has 0 atom stereocenters. The summed E-state index contributed by atoms with van der Waals surface area (Å²) in [7, 11) is 1.68. The van der Waals surface area contributed by atoms with E-state index in [-0.39, 0.29) is 0 Å². The molecule has 1 heteroatoms. The molecule has 0 saturated carbocycles. The molecule has 2 aromatic carbocycles. The summed E-state index contributed by atoms with van der Waals surface area (Å²) in [4.78, 5) is 0. The van der Waals surface area contributed by atoms with E-state index in [1.165, 1.54) is 10.8 Å². The van der Waals surface area contributed by atoms with Crippen LogP contribution in [0.5, 0.6) is 5.75 Å². The van der Waals surface area contributed by atoms with Crippen LogP contribution in [0.3, 0.4) is 0 Å². The van der Waals surface area contributed by atoms with Crippen LogP contribution in [0.4, 0.5) is 0 Å². The molecular formula is C13H12O. The minimum absolute atomic E-state index is 0.874. The molecule has 0 aromatic heterocycles. The van der Waals surface area contributed by atoms with E-state index in [0.29, 0.717) is 0 Å². The van der Waals surface area contributed by atoms with E-state index < -0.39 is 0 Å². The van der Waals surface area contributed by atoms with Gasteiger partial charge in [0.05, 0.1) is 7.11 Å². The van der Waals surface area contributed by atoms with Crippen molar-refractivity contribution in [1.29, 1.82) is 0 Å². The molecule has 0 radical (unpaired) electrons. The van der Waals surface area contributed by atoms with Crippen molar-refractivity contribution in [3.05, 3.63) is 48.5 Å². The van der Waals surface area contributed by atoms with Crippen molar-refractivity contribution in [1.82, 2.24) is 0 Å². The minimum atomic E-state index is 0.874. The van der Waals surface area contributed by atoms with E-state index in [1.54, 1.807) is 7.11 Å². The van der Waals surface area contributed by atoms with Crippen LogP contribution in [-0.2, 0) is 0 Å². The number of ether oxygens (including phenoxy) is 1. The molecule has 0 aliphatic carbocycles. The Kier molecular flexibility index (Phi) is 2.23. The molecule has 1 nitrogen and oxygen atoms in total. The lowest BCUT2D eigenvalue weighted by Crippen LogP contribution is -1.87. The van der Waals surface area contributed by atoms with Crippen LogP contribution in [0.15, 0.2) is 43.0 Å². The van der Waals surface area contributed by atoms with Gasteiger partial charge in [-0.1, -0.05) is 43.0 Å². The highest BCUT2D eigenvalue weighted by molar-refractivity contribution is 5.92. The monoisotopic (exact) mass is 184 g/mol. The molecule has 0 saturated heterocycles. The average molecular weight is 184 g/mol. The van der Waals surface area contributed by atoms with Crippen LogP contribution < -0.4 is 4.74 Å². The number of hydrogen-bond donors (Lipinski definition) is 0. The summed E-state index contributed by atoms with van der Waals surface area (Å²) in [6.45, 7) is 3.81. The highest BCUT2D eigenvalue weighted by Crippen LogP contribution is 2.28. The fourth-order valence-corrected chi connectivity index (χ4v) is 1.66. The fraction of sp³-hybridized carbons (Fsp3) is 0.0769. The molecule has 0 unspecified atom stereocenters. The first-order valence-corrected chi connectivity index (χ1v) is 4.55. The van der Waals surface area contributed by atoms with Crippen LogP contribution in [0, 0.1) is 0 Å². The van der Waals surface area contributed by atoms with E-state index in [9.17, 15) is 0 Å². The lowest BCUT2D eigenvalue weighted by atomic mass is 10.0. The summed E-state index contributed by atoms with van der Waals surface area (Å²) in [5, 5.41) is 2.39. The van der Waals surface area contributed by atoms with Crippen LogP contribution in [0.1, 0.15) is 5.56 Å². The molecule has 0 aliphatic heterocycles. The predicted molar refractivity (Wildman–Crippen MR) is 60.6 cm³/mol. The third kappa shape index (κ3) is 1.27. The van der Waals surface area contributed by atoms with Crippen molar-refractivity contribution in [2.24, 2.45) is 0 Å². The Morgan fingerprint density at radius 3 is 2.64 bits per heavy atom. The maximum atomic E-state index is 5.27. The molecule has 0 fully saturated rings. The van der Waals surface area contributed by atoms with Gasteiger partial charge in [-0.25, -0.2) is 0 Å². The van der Waals surface area contributed by atoms with E-state index in [1.807, 2.05) is 24.3 Å². The number of methoxy groups -OCH3 is 1. The van der Waals surface area contributed by atoms with Crippen LogP contribution >= 0.6 is 0 Å². The van der Waals surface area contributed by atoms with Crippen molar-refractivity contribution in [2.75, 3.05) is 7.11 Å². The summed E-state index contributed by atoms with van der Waals surface area (Å²) >= 11 is 0. The Hall–Kier alpha value is -1.76. The zero-order chi connectivity index (χ0) is 9.97. The maximum Gasteiger partial charge on any atom is 0.126 e. The van der Waals surface area contributed by atoms with Crippen LogP contribution in [0.25, 0.3) is 16.8 Å². The summed E-state index contributed by atoms with van der Waals surface area (Å²) in [5.74, 6) is 0.874. The smallest absolute Gasteiger partial charge is 0.126 e. The maximum absolute atomic E-state index is 5.27. The van der Waals surface area contributed by atoms with Crippen molar-refractivity contribution in [2.45, 2.75) is 0 Å². The molecule has 0 spiro atoms. The predicted octanol–water partition coefficient (Wildman–Crippen LogP) is 3.49. The van der Waals surface area contributed by atoms with E-state index in [0.717, 1.165) is 11.3 Å². The van der Waals surface area contributed by atoms with Gasteiger partial charge in [0.2, 0.25) is 0 Å². The van der Waals surface area contributed by atoms with Gasteiger partial charge in [0.15, 0.2) is 0 Å². The second-order valence-electron chi connectivity index (χ2n) is 3.11. The third-order valence-electron chi connectivity index (χ3n) is 2.35. The Labute approximate surface area is 83.6 Å². The Morgan fingerprint density at radius 1 is 1.14 bits per heavy atom. The topological polar surface area (TPSA) is 9.23 Å². The molecular weight excluding hydrogens is 172 g/mol. The number of benzene rings is 2. The van der Waals surface area contributed by atoms with Crippen molar-refractivity contribution >= 4 is 16.8 Å². The number of rotatable bonds is 2. The normalized spacial score (nSPS) is 10.1. The SMILES string of the molecule is C=Cc1c(OC)ccc2ccccc12. The molecule has 2 rings (SSSR count). The molecule has 0 amide bonds. The summed E-state index contributed by atoms with van der Waals surface area (Å²) in [5.41, 5.74) is 1.06.